The molecular formula is C22H19N3O5S. The molecule has 1 aliphatic rings. The van der Waals surface area contributed by atoms with Gasteiger partial charge in [0.15, 0.2) is 0 Å². The number of carbonyl (C=O) groups is 1. The second-order valence-electron chi connectivity index (χ2n) is 7.29. The van der Waals surface area contributed by atoms with Crippen LogP contribution in [-0.2, 0) is 16.4 Å². The summed E-state index contributed by atoms with van der Waals surface area (Å²) in [7, 11) is -3.90. The maximum absolute atomic E-state index is 13.0. The number of rotatable bonds is 5. The zero-order valence-electron chi connectivity index (χ0n) is 16.6. The number of sulfonamides is 1. The lowest BCUT2D eigenvalue weighted by atomic mass is 10.1. The Labute approximate surface area is 179 Å². The maximum atomic E-state index is 13.0. The number of hydrogen-bond donors (Lipinski definition) is 1. The van der Waals surface area contributed by atoms with Crippen LogP contribution in [0.2, 0.25) is 0 Å². The van der Waals surface area contributed by atoms with Gasteiger partial charge in [0.05, 0.1) is 9.82 Å². The summed E-state index contributed by atoms with van der Waals surface area (Å²) in [6.45, 7) is 1.92. The smallest absolute Gasteiger partial charge is 0.269 e. The fourth-order valence-corrected chi connectivity index (χ4v) is 4.78. The molecule has 3 aromatic carbocycles. The number of fused-ring (bicyclic) bond motifs is 1. The second-order valence-corrected chi connectivity index (χ2v) is 8.98. The molecule has 0 aliphatic carbocycles. The lowest BCUT2D eigenvalue weighted by Crippen LogP contribution is -2.35. The number of nitro benzene ring substituents is 1. The first-order valence-corrected chi connectivity index (χ1v) is 11.0. The Bertz CT molecular complexity index is 1260. The van der Waals surface area contributed by atoms with Crippen LogP contribution in [0.5, 0.6) is 0 Å². The highest BCUT2D eigenvalue weighted by atomic mass is 32.2. The van der Waals surface area contributed by atoms with E-state index >= 15 is 0 Å². The van der Waals surface area contributed by atoms with Crippen LogP contribution in [0.25, 0.3) is 0 Å². The van der Waals surface area contributed by atoms with E-state index < -0.39 is 14.9 Å². The van der Waals surface area contributed by atoms with Gasteiger partial charge in [0, 0.05) is 35.1 Å². The summed E-state index contributed by atoms with van der Waals surface area (Å²) in [6.07, 6.45) is 0.537. The number of nitro groups is 1. The Balaban J connectivity index is 1.60. The Kier molecular flexibility index (Phi) is 5.20. The normalized spacial score (nSPS) is 15.4. The summed E-state index contributed by atoms with van der Waals surface area (Å²) in [6, 6.07) is 18.6. The van der Waals surface area contributed by atoms with E-state index in [1.165, 1.54) is 30.3 Å². The van der Waals surface area contributed by atoms with Crippen molar-refractivity contribution in [2.45, 2.75) is 24.3 Å². The van der Waals surface area contributed by atoms with Gasteiger partial charge in [0.1, 0.15) is 0 Å². The van der Waals surface area contributed by atoms with Gasteiger partial charge < -0.3 is 4.90 Å². The number of nitrogens with one attached hydrogen (secondary N) is 1. The Hall–Kier alpha value is -3.72. The molecule has 0 bridgehead atoms. The first-order chi connectivity index (χ1) is 14.8. The monoisotopic (exact) mass is 437 g/mol. The molecule has 9 heteroatoms. The average Bonchev–Trinajstić information content (AvgIpc) is 3.08. The van der Waals surface area contributed by atoms with Crippen LogP contribution in [-0.4, -0.2) is 25.3 Å². The fourth-order valence-electron chi connectivity index (χ4n) is 3.67. The number of carbonyl (C=O) groups excluding carboxylic acids is 1. The molecule has 1 amide bonds. The molecule has 0 radical (unpaired) electrons. The SMILES string of the molecule is CC1Cc2cc(S(=O)(=O)Nc3ccc([N+](=O)[O-])cc3)ccc2N1C(=O)c1ccccc1. The molecule has 4 rings (SSSR count). The summed E-state index contributed by atoms with van der Waals surface area (Å²) >= 11 is 0. The van der Waals surface area contributed by atoms with Gasteiger partial charge in [-0.3, -0.25) is 19.6 Å². The lowest BCUT2D eigenvalue weighted by molar-refractivity contribution is -0.384. The third-order valence-electron chi connectivity index (χ3n) is 5.15. The van der Waals surface area contributed by atoms with Crippen LogP contribution < -0.4 is 9.62 Å². The third kappa shape index (κ3) is 3.99. The standard InChI is InChI=1S/C22H19N3O5S/c1-15-13-17-14-20(31(29,30)23-18-7-9-19(10-8-18)25(27)28)11-12-21(17)24(15)22(26)16-5-3-2-4-6-16/h2-12,14-15,23H,13H2,1H3. The first kappa shape index (κ1) is 20.5. The number of hydrogen-bond acceptors (Lipinski definition) is 5. The van der Waals surface area contributed by atoms with Gasteiger partial charge in [-0.1, -0.05) is 18.2 Å². The van der Waals surface area contributed by atoms with E-state index in [9.17, 15) is 23.3 Å². The van der Waals surface area contributed by atoms with Crippen molar-refractivity contribution in [3.05, 3.63) is 94.0 Å². The molecule has 0 fully saturated rings. The molecule has 0 aromatic heterocycles. The zero-order valence-corrected chi connectivity index (χ0v) is 17.4. The van der Waals surface area contributed by atoms with Gasteiger partial charge in [-0.25, -0.2) is 8.42 Å². The highest BCUT2D eigenvalue weighted by Gasteiger charge is 2.32. The lowest BCUT2D eigenvalue weighted by Gasteiger charge is -2.23. The average molecular weight is 437 g/mol. The van der Waals surface area contributed by atoms with E-state index in [4.69, 9.17) is 0 Å². The summed E-state index contributed by atoms with van der Waals surface area (Å²) in [5, 5.41) is 10.8. The first-order valence-electron chi connectivity index (χ1n) is 9.55. The van der Waals surface area contributed by atoms with Gasteiger partial charge in [-0.2, -0.15) is 0 Å². The van der Waals surface area contributed by atoms with Gasteiger partial charge in [-0.15, -0.1) is 0 Å². The quantitative estimate of drug-likeness (QED) is 0.479. The van der Waals surface area contributed by atoms with Crippen molar-refractivity contribution < 1.29 is 18.1 Å². The molecule has 0 saturated carbocycles. The van der Waals surface area contributed by atoms with E-state index in [0.717, 1.165) is 5.56 Å². The Morgan fingerprint density at radius 1 is 1.06 bits per heavy atom. The van der Waals surface area contributed by atoms with Crippen LogP contribution in [0.4, 0.5) is 17.1 Å². The van der Waals surface area contributed by atoms with Crippen molar-refractivity contribution in [3.63, 3.8) is 0 Å². The van der Waals surface area contributed by atoms with Crippen molar-refractivity contribution in [2.75, 3.05) is 9.62 Å². The summed E-state index contributed by atoms with van der Waals surface area (Å²) in [4.78, 5) is 24.9. The molecule has 1 unspecified atom stereocenters. The van der Waals surface area contributed by atoms with E-state index in [0.29, 0.717) is 17.7 Å². The van der Waals surface area contributed by atoms with Crippen LogP contribution in [0.3, 0.4) is 0 Å². The molecular weight excluding hydrogens is 418 g/mol. The number of non-ortho nitro benzene ring substituents is 1. The zero-order chi connectivity index (χ0) is 22.2. The third-order valence-corrected chi connectivity index (χ3v) is 6.53. The number of benzene rings is 3. The van der Waals surface area contributed by atoms with Gasteiger partial charge in [0.25, 0.3) is 21.6 Å². The summed E-state index contributed by atoms with van der Waals surface area (Å²) < 4.78 is 28.1. The molecule has 1 heterocycles. The van der Waals surface area contributed by atoms with E-state index in [1.807, 2.05) is 13.0 Å². The maximum Gasteiger partial charge on any atom is 0.269 e. The van der Waals surface area contributed by atoms with Crippen molar-refractivity contribution in [1.29, 1.82) is 0 Å². The molecule has 31 heavy (non-hydrogen) atoms. The molecule has 8 nitrogen and oxygen atoms in total. The minimum absolute atomic E-state index is 0.0609. The van der Waals surface area contributed by atoms with Crippen molar-refractivity contribution in [1.82, 2.24) is 0 Å². The van der Waals surface area contributed by atoms with E-state index in [2.05, 4.69) is 4.72 Å². The van der Waals surface area contributed by atoms with E-state index in [-0.39, 0.29) is 28.2 Å². The van der Waals surface area contributed by atoms with Crippen molar-refractivity contribution in [3.8, 4) is 0 Å². The van der Waals surface area contributed by atoms with Crippen LogP contribution in [0.15, 0.2) is 77.7 Å². The summed E-state index contributed by atoms with van der Waals surface area (Å²) in [5.41, 5.74) is 2.12. The topological polar surface area (TPSA) is 110 Å². The number of nitrogens with zero attached hydrogens (tertiary/aromatic N) is 2. The largest absolute Gasteiger partial charge is 0.305 e. The minimum Gasteiger partial charge on any atom is -0.305 e. The minimum atomic E-state index is -3.90. The highest BCUT2D eigenvalue weighted by Crippen LogP contribution is 2.35. The Morgan fingerprint density at radius 3 is 2.39 bits per heavy atom. The fraction of sp³-hybridized carbons (Fsp3) is 0.136. The molecule has 0 spiro atoms. The van der Waals surface area contributed by atoms with Gasteiger partial charge in [-0.05, 0) is 61.4 Å². The molecule has 3 aromatic rings. The molecule has 158 valence electrons. The molecule has 0 saturated heterocycles. The number of anilines is 2. The van der Waals surface area contributed by atoms with Crippen molar-refractivity contribution in [2.24, 2.45) is 0 Å². The van der Waals surface area contributed by atoms with Gasteiger partial charge in [0.2, 0.25) is 0 Å². The molecule has 1 atom stereocenters. The van der Waals surface area contributed by atoms with Crippen molar-refractivity contribution >= 4 is 33.0 Å². The van der Waals surface area contributed by atoms with Crippen LogP contribution in [0, 0.1) is 10.1 Å². The predicted molar refractivity (Wildman–Crippen MR) is 117 cm³/mol. The Morgan fingerprint density at radius 2 is 1.74 bits per heavy atom. The predicted octanol–water partition coefficient (Wildman–Crippen LogP) is 3.99. The van der Waals surface area contributed by atoms with Gasteiger partial charge >= 0.3 is 0 Å². The number of amides is 1. The summed E-state index contributed by atoms with van der Waals surface area (Å²) in [5.74, 6) is -0.133. The molecule has 1 N–H and O–H groups in total. The van der Waals surface area contributed by atoms with Crippen LogP contribution in [0.1, 0.15) is 22.8 Å². The second kappa shape index (κ2) is 7.84. The highest BCUT2D eigenvalue weighted by molar-refractivity contribution is 7.92. The molecule has 1 aliphatic heterocycles. The van der Waals surface area contributed by atoms with Crippen LogP contribution >= 0.6 is 0 Å². The van der Waals surface area contributed by atoms with E-state index in [1.54, 1.807) is 41.3 Å².